The van der Waals surface area contributed by atoms with Gasteiger partial charge in [0.2, 0.25) is 0 Å². The smallest absolute Gasteiger partial charge is 0.337 e. The molecule has 0 atom stereocenters. The number of esters is 1. The number of methoxy groups -OCH3 is 1. The Morgan fingerprint density at radius 3 is 2.62 bits per heavy atom. The molecule has 26 heavy (non-hydrogen) atoms. The van der Waals surface area contributed by atoms with Gasteiger partial charge in [-0.3, -0.25) is 4.79 Å². The number of halogens is 1. The Hall–Kier alpha value is -3.30. The summed E-state index contributed by atoms with van der Waals surface area (Å²) in [5.74, 6) is -0.988. The maximum absolute atomic E-state index is 12.1. The average Bonchev–Trinajstić information content (AvgIpc) is 2.67. The zero-order valence-corrected chi connectivity index (χ0v) is 14.7. The number of carbonyl (C=O) groups excluding carboxylic acids is 2. The lowest BCUT2D eigenvalue weighted by Crippen LogP contribution is -2.24. The van der Waals surface area contributed by atoms with Crippen LogP contribution in [0, 0.1) is 11.3 Å². The molecule has 0 spiro atoms. The second kappa shape index (κ2) is 9.25. The van der Waals surface area contributed by atoms with Crippen LogP contribution >= 0.6 is 11.6 Å². The zero-order chi connectivity index (χ0) is 18.9. The largest absolute Gasteiger partial charge is 0.465 e. The first-order chi connectivity index (χ1) is 12.5. The van der Waals surface area contributed by atoms with Crippen molar-refractivity contribution in [3.8, 4) is 6.07 Å². The van der Waals surface area contributed by atoms with E-state index >= 15 is 0 Å². The minimum atomic E-state index is -0.515. The summed E-state index contributed by atoms with van der Waals surface area (Å²) in [6.07, 6.45) is 1.29. The monoisotopic (exact) mass is 369 g/mol. The average molecular weight is 370 g/mol. The maximum atomic E-state index is 12.1. The van der Waals surface area contributed by atoms with Crippen molar-refractivity contribution in [2.75, 3.05) is 12.4 Å². The van der Waals surface area contributed by atoms with Gasteiger partial charge in [-0.2, -0.15) is 5.26 Å². The number of anilines is 1. The molecule has 0 aliphatic rings. The number of rotatable bonds is 6. The molecule has 7 heteroatoms. The standard InChI is InChI=1S/C19H16ClN3O3/c1-26-19(25)14-3-2-4-17(9-14)22-12-15(10-21)18(24)23-11-13-5-7-16(20)8-6-13/h2-9,12,22H,11H2,1H3,(H,23,24)/b15-12-. The molecule has 0 aliphatic heterocycles. The molecule has 0 radical (unpaired) electrons. The molecule has 2 aromatic rings. The van der Waals surface area contributed by atoms with Gasteiger partial charge in [-0.1, -0.05) is 29.8 Å². The Kier molecular flexibility index (Phi) is 6.77. The summed E-state index contributed by atoms with van der Waals surface area (Å²) in [6, 6.07) is 15.4. The molecular formula is C19H16ClN3O3. The summed E-state index contributed by atoms with van der Waals surface area (Å²) >= 11 is 5.81. The third-order valence-corrected chi connectivity index (χ3v) is 3.65. The van der Waals surface area contributed by atoms with Crippen LogP contribution in [0.25, 0.3) is 0 Å². The quantitative estimate of drug-likeness (QED) is 0.463. The van der Waals surface area contributed by atoms with E-state index in [0.717, 1.165) is 5.56 Å². The molecule has 0 saturated carbocycles. The fraction of sp³-hybridized carbons (Fsp3) is 0.105. The fourth-order valence-corrected chi connectivity index (χ4v) is 2.16. The van der Waals surface area contributed by atoms with Crippen molar-refractivity contribution >= 4 is 29.2 Å². The summed E-state index contributed by atoms with van der Waals surface area (Å²) in [7, 11) is 1.29. The van der Waals surface area contributed by atoms with Gasteiger partial charge in [0.05, 0.1) is 12.7 Å². The minimum absolute atomic E-state index is 0.0950. The van der Waals surface area contributed by atoms with Crippen molar-refractivity contribution < 1.29 is 14.3 Å². The van der Waals surface area contributed by atoms with Crippen LogP contribution in [0.4, 0.5) is 5.69 Å². The molecule has 0 bridgehead atoms. The predicted molar refractivity (Wildman–Crippen MR) is 98.4 cm³/mol. The van der Waals surface area contributed by atoms with Crippen molar-refractivity contribution in [1.82, 2.24) is 5.32 Å². The molecule has 6 nitrogen and oxygen atoms in total. The van der Waals surface area contributed by atoms with Crippen molar-refractivity contribution in [1.29, 1.82) is 5.26 Å². The van der Waals surface area contributed by atoms with E-state index in [1.54, 1.807) is 48.5 Å². The fourth-order valence-electron chi connectivity index (χ4n) is 2.04. The first-order valence-electron chi connectivity index (χ1n) is 7.61. The van der Waals surface area contributed by atoms with Crippen LogP contribution in [0.5, 0.6) is 0 Å². The minimum Gasteiger partial charge on any atom is -0.465 e. The predicted octanol–water partition coefficient (Wildman–Crippen LogP) is 3.26. The maximum Gasteiger partial charge on any atom is 0.337 e. The topological polar surface area (TPSA) is 91.2 Å². The summed E-state index contributed by atoms with van der Waals surface area (Å²) in [5, 5.41) is 15.3. The normalized spacial score (nSPS) is 10.6. The van der Waals surface area contributed by atoms with E-state index < -0.39 is 11.9 Å². The Balaban J connectivity index is 2.00. The first-order valence-corrected chi connectivity index (χ1v) is 7.99. The molecule has 0 unspecified atom stereocenters. The van der Waals surface area contributed by atoms with E-state index in [9.17, 15) is 14.9 Å². The van der Waals surface area contributed by atoms with E-state index in [1.807, 2.05) is 6.07 Å². The van der Waals surface area contributed by atoms with Crippen molar-refractivity contribution in [3.05, 3.63) is 76.5 Å². The second-order valence-corrected chi connectivity index (χ2v) is 5.63. The van der Waals surface area contributed by atoms with Gasteiger partial charge in [-0.15, -0.1) is 0 Å². The molecule has 2 rings (SSSR count). The van der Waals surface area contributed by atoms with Crippen LogP contribution in [0.1, 0.15) is 15.9 Å². The summed E-state index contributed by atoms with van der Waals surface area (Å²) in [6.45, 7) is 0.271. The highest BCUT2D eigenvalue weighted by atomic mass is 35.5. The van der Waals surface area contributed by atoms with E-state index in [-0.39, 0.29) is 12.1 Å². The van der Waals surface area contributed by atoms with Crippen LogP contribution in [-0.4, -0.2) is 19.0 Å². The third kappa shape index (κ3) is 5.36. The van der Waals surface area contributed by atoms with Crippen LogP contribution in [0.3, 0.4) is 0 Å². The molecular weight excluding hydrogens is 354 g/mol. The number of nitrogens with zero attached hydrogens (tertiary/aromatic N) is 1. The molecule has 0 fully saturated rings. The number of ether oxygens (including phenoxy) is 1. The van der Waals surface area contributed by atoms with Gasteiger partial charge >= 0.3 is 5.97 Å². The van der Waals surface area contributed by atoms with Gasteiger partial charge in [-0.25, -0.2) is 4.79 Å². The number of amides is 1. The van der Waals surface area contributed by atoms with E-state index in [1.165, 1.54) is 13.3 Å². The van der Waals surface area contributed by atoms with E-state index in [2.05, 4.69) is 15.4 Å². The van der Waals surface area contributed by atoms with E-state index in [4.69, 9.17) is 11.6 Å². The molecule has 0 heterocycles. The summed E-state index contributed by atoms with van der Waals surface area (Å²) < 4.78 is 4.65. The van der Waals surface area contributed by atoms with Gasteiger partial charge in [-0.05, 0) is 35.9 Å². The van der Waals surface area contributed by atoms with Gasteiger partial charge in [0.1, 0.15) is 11.6 Å². The second-order valence-electron chi connectivity index (χ2n) is 5.20. The number of nitrogens with one attached hydrogen (secondary N) is 2. The van der Waals surface area contributed by atoms with Crippen molar-refractivity contribution in [2.45, 2.75) is 6.54 Å². The Bertz CT molecular complexity index is 870. The Morgan fingerprint density at radius 1 is 1.23 bits per heavy atom. The van der Waals surface area contributed by atoms with Crippen molar-refractivity contribution in [2.24, 2.45) is 0 Å². The number of nitriles is 1. The summed E-state index contributed by atoms with van der Waals surface area (Å²) in [4.78, 5) is 23.6. The highest BCUT2D eigenvalue weighted by Crippen LogP contribution is 2.12. The molecule has 0 aliphatic carbocycles. The van der Waals surface area contributed by atoms with Gasteiger partial charge in [0, 0.05) is 23.5 Å². The molecule has 0 aromatic heterocycles. The number of hydrogen-bond acceptors (Lipinski definition) is 5. The molecule has 132 valence electrons. The van der Waals surface area contributed by atoms with Gasteiger partial charge < -0.3 is 15.4 Å². The third-order valence-electron chi connectivity index (χ3n) is 3.40. The number of carbonyl (C=O) groups is 2. The lowest BCUT2D eigenvalue weighted by atomic mass is 10.2. The lowest BCUT2D eigenvalue weighted by molar-refractivity contribution is -0.117. The SMILES string of the molecule is COC(=O)c1cccc(N/C=C(/C#N)C(=O)NCc2ccc(Cl)cc2)c1. The van der Waals surface area contributed by atoms with Crippen LogP contribution in [-0.2, 0) is 16.1 Å². The van der Waals surface area contributed by atoms with E-state index in [0.29, 0.717) is 16.3 Å². The highest BCUT2D eigenvalue weighted by Gasteiger charge is 2.09. The highest BCUT2D eigenvalue weighted by molar-refractivity contribution is 6.30. The van der Waals surface area contributed by atoms with Crippen LogP contribution in [0.15, 0.2) is 60.3 Å². The van der Waals surface area contributed by atoms with Crippen molar-refractivity contribution in [3.63, 3.8) is 0 Å². The summed E-state index contributed by atoms with van der Waals surface area (Å²) in [5.41, 5.74) is 1.67. The first kappa shape index (κ1) is 19.0. The number of hydrogen-bond donors (Lipinski definition) is 2. The Labute approximate surface area is 156 Å². The number of benzene rings is 2. The molecule has 0 saturated heterocycles. The van der Waals surface area contributed by atoms with Gasteiger partial charge in [0.15, 0.2) is 0 Å². The van der Waals surface area contributed by atoms with Gasteiger partial charge in [0.25, 0.3) is 5.91 Å². The zero-order valence-electron chi connectivity index (χ0n) is 14.0. The lowest BCUT2D eigenvalue weighted by Gasteiger charge is -2.06. The Morgan fingerprint density at radius 2 is 1.96 bits per heavy atom. The van der Waals surface area contributed by atoms with Crippen LogP contribution in [0.2, 0.25) is 5.02 Å². The van der Waals surface area contributed by atoms with Crippen LogP contribution < -0.4 is 10.6 Å². The molecule has 1 amide bonds. The molecule has 2 N–H and O–H groups in total. The molecule has 2 aromatic carbocycles.